The number of pyridine rings is 1. The third-order valence-corrected chi connectivity index (χ3v) is 4.85. The zero-order chi connectivity index (χ0) is 13.5. The highest BCUT2D eigenvalue weighted by Crippen LogP contribution is 2.49. The molecule has 2 heteroatoms. The van der Waals surface area contributed by atoms with Crippen LogP contribution < -0.4 is 0 Å². The van der Waals surface area contributed by atoms with Gasteiger partial charge in [0, 0.05) is 6.20 Å². The molecule has 0 amide bonds. The first kappa shape index (κ1) is 11.7. The molecule has 0 unspecified atom stereocenters. The lowest BCUT2D eigenvalue weighted by Crippen LogP contribution is -2.21. The van der Waals surface area contributed by atoms with Gasteiger partial charge in [-0.3, -0.25) is 4.98 Å². The van der Waals surface area contributed by atoms with Gasteiger partial charge in [0.2, 0.25) is 0 Å². The summed E-state index contributed by atoms with van der Waals surface area (Å²) in [6, 6.07) is 10.0. The Hall–Kier alpha value is -2.14. The van der Waals surface area contributed by atoms with E-state index in [1.807, 2.05) is 24.3 Å². The van der Waals surface area contributed by atoms with Gasteiger partial charge in [0.15, 0.2) is 5.69 Å². The molecule has 0 atom stereocenters. The predicted molar refractivity (Wildman–Crippen MR) is 79.9 cm³/mol. The first-order valence-corrected chi connectivity index (χ1v) is 7.33. The highest BCUT2D eigenvalue weighted by atomic mass is 14.7. The smallest absolute Gasteiger partial charge is 0.187 e. The molecular formula is C18H16N2. The average molecular weight is 260 g/mol. The first-order chi connectivity index (χ1) is 9.85. The van der Waals surface area contributed by atoms with Crippen molar-refractivity contribution in [2.45, 2.75) is 37.5 Å². The fraction of sp³-hybridized carbons (Fsp3) is 0.333. The van der Waals surface area contributed by atoms with Gasteiger partial charge in [0.05, 0.1) is 12.3 Å². The molecule has 0 aliphatic heterocycles. The topological polar surface area (TPSA) is 17.2 Å². The third-order valence-electron chi connectivity index (χ3n) is 4.85. The number of hydrogen-bond donors (Lipinski definition) is 0. The summed E-state index contributed by atoms with van der Waals surface area (Å²) in [5.41, 5.74) is 5.76. The van der Waals surface area contributed by atoms with E-state index in [1.165, 1.54) is 36.8 Å². The largest absolute Gasteiger partial charge is 0.256 e. The molecule has 1 fully saturated rings. The number of hydrogen-bond acceptors (Lipinski definition) is 1. The summed E-state index contributed by atoms with van der Waals surface area (Å²) in [5, 5.41) is 0. The van der Waals surface area contributed by atoms with Gasteiger partial charge in [-0.25, -0.2) is 4.85 Å². The second-order valence-corrected chi connectivity index (χ2v) is 5.91. The van der Waals surface area contributed by atoms with Crippen molar-refractivity contribution in [3.05, 3.63) is 59.1 Å². The van der Waals surface area contributed by atoms with Crippen molar-refractivity contribution in [2.24, 2.45) is 0 Å². The average Bonchev–Trinajstić information content (AvgIpc) is 2.56. The minimum atomic E-state index is 0.684. The van der Waals surface area contributed by atoms with E-state index in [2.05, 4.69) is 22.1 Å². The summed E-state index contributed by atoms with van der Waals surface area (Å²) < 4.78 is 0. The van der Waals surface area contributed by atoms with Gasteiger partial charge in [-0.05, 0) is 66.3 Å². The minimum Gasteiger partial charge on any atom is -0.256 e. The molecule has 2 bridgehead atoms. The second kappa shape index (κ2) is 4.45. The molecule has 5 rings (SSSR count). The van der Waals surface area contributed by atoms with Crippen LogP contribution >= 0.6 is 0 Å². The molecule has 20 heavy (non-hydrogen) atoms. The highest BCUT2D eigenvalue weighted by Gasteiger charge is 2.33. The zero-order valence-corrected chi connectivity index (χ0v) is 11.3. The lowest BCUT2D eigenvalue weighted by molar-refractivity contribution is 0.358. The number of aromatic nitrogens is 1. The van der Waals surface area contributed by atoms with E-state index in [-0.39, 0.29) is 0 Å². The van der Waals surface area contributed by atoms with Gasteiger partial charge in [0.1, 0.15) is 0 Å². The summed E-state index contributed by atoms with van der Waals surface area (Å²) in [5.74, 6) is 1.48. The Bertz CT molecular complexity index is 704. The minimum absolute atomic E-state index is 0.684. The summed E-state index contributed by atoms with van der Waals surface area (Å²) in [4.78, 5) is 8.16. The number of benzene rings is 1. The number of rotatable bonds is 1. The molecule has 1 aromatic carbocycles. The quantitative estimate of drug-likeness (QED) is 0.655. The molecule has 0 spiro atoms. The van der Waals surface area contributed by atoms with Crippen LogP contribution in [0.15, 0.2) is 36.5 Å². The summed E-state index contributed by atoms with van der Waals surface area (Å²) in [7, 11) is 0. The summed E-state index contributed by atoms with van der Waals surface area (Å²) in [6.45, 7) is 7.13. The van der Waals surface area contributed by atoms with Gasteiger partial charge in [-0.15, -0.1) is 0 Å². The van der Waals surface area contributed by atoms with E-state index in [0.717, 1.165) is 23.1 Å². The van der Waals surface area contributed by atoms with Crippen molar-refractivity contribution >= 4 is 5.69 Å². The molecule has 2 aromatic rings. The van der Waals surface area contributed by atoms with Crippen LogP contribution in [0.25, 0.3) is 16.1 Å². The first-order valence-electron chi connectivity index (χ1n) is 7.33. The predicted octanol–water partition coefficient (Wildman–Crippen LogP) is 5.05. The van der Waals surface area contributed by atoms with Crippen LogP contribution in [0.3, 0.4) is 0 Å². The second-order valence-electron chi connectivity index (χ2n) is 5.91. The lowest BCUT2D eigenvalue weighted by Gasteiger charge is -2.38. The maximum atomic E-state index is 7.13. The molecule has 3 aliphatic rings. The van der Waals surface area contributed by atoms with Gasteiger partial charge in [-0.1, -0.05) is 18.2 Å². The fourth-order valence-corrected chi connectivity index (χ4v) is 3.78. The molecule has 1 aromatic heterocycles. The fourth-order valence-electron chi connectivity index (χ4n) is 3.78. The SMILES string of the molecule is [C-]#[N+]c1cccc(-c2cc3c(cn2)C2CCC3CC2)c1. The van der Waals surface area contributed by atoms with Crippen LogP contribution in [0.5, 0.6) is 0 Å². The Morgan fingerprint density at radius 1 is 1.00 bits per heavy atom. The number of nitrogens with zero attached hydrogens (tertiary/aromatic N) is 2. The van der Waals surface area contributed by atoms with Gasteiger partial charge in [-0.2, -0.15) is 0 Å². The maximum Gasteiger partial charge on any atom is 0.187 e. The molecule has 0 saturated heterocycles. The molecule has 98 valence electrons. The van der Waals surface area contributed by atoms with Crippen molar-refractivity contribution in [1.29, 1.82) is 0 Å². The molecule has 1 heterocycles. The van der Waals surface area contributed by atoms with E-state index in [1.54, 1.807) is 0 Å². The van der Waals surface area contributed by atoms with E-state index in [0.29, 0.717) is 5.69 Å². The standard InChI is InChI=1S/C18H16N2/c1-19-15-4-2-3-14(9-15)18-10-16-12-5-7-13(8-6-12)17(16)11-20-18/h2-4,9-13H,5-8H2. The third kappa shape index (κ3) is 1.74. The Kier molecular flexibility index (Phi) is 2.60. The van der Waals surface area contributed by atoms with Crippen molar-refractivity contribution < 1.29 is 0 Å². The zero-order valence-electron chi connectivity index (χ0n) is 11.3. The van der Waals surface area contributed by atoms with Crippen molar-refractivity contribution in [3.63, 3.8) is 0 Å². The Morgan fingerprint density at radius 2 is 1.75 bits per heavy atom. The van der Waals surface area contributed by atoms with E-state index in [9.17, 15) is 0 Å². The van der Waals surface area contributed by atoms with Crippen LogP contribution in [-0.4, -0.2) is 4.98 Å². The maximum absolute atomic E-state index is 7.13. The van der Waals surface area contributed by atoms with Crippen molar-refractivity contribution in [1.82, 2.24) is 4.98 Å². The molecule has 3 aliphatic carbocycles. The lowest BCUT2D eigenvalue weighted by atomic mass is 9.67. The van der Waals surface area contributed by atoms with E-state index < -0.39 is 0 Å². The van der Waals surface area contributed by atoms with Crippen molar-refractivity contribution in [2.75, 3.05) is 0 Å². The Morgan fingerprint density at radius 3 is 2.50 bits per heavy atom. The van der Waals surface area contributed by atoms with Gasteiger partial charge < -0.3 is 0 Å². The molecule has 0 N–H and O–H groups in total. The van der Waals surface area contributed by atoms with Gasteiger partial charge in [0.25, 0.3) is 0 Å². The molecule has 1 saturated carbocycles. The van der Waals surface area contributed by atoms with Crippen LogP contribution in [0.2, 0.25) is 0 Å². The van der Waals surface area contributed by atoms with Crippen LogP contribution in [0, 0.1) is 6.57 Å². The highest BCUT2D eigenvalue weighted by molar-refractivity contribution is 5.66. The molecule has 2 nitrogen and oxygen atoms in total. The molecule has 0 radical (unpaired) electrons. The van der Waals surface area contributed by atoms with Crippen molar-refractivity contribution in [3.8, 4) is 11.3 Å². The van der Waals surface area contributed by atoms with E-state index >= 15 is 0 Å². The van der Waals surface area contributed by atoms with Crippen LogP contribution in [-0.2, 0) is 0 Å². The Balaban J connectivity index is 1.81. The summed E-state index contributed by atoms with van der Waals surface area (Å²) >= 11 is 0. The Labute approximate surface area is 119 Å². The monoisotopic (exact) mass is 260 g/mol. The van der Waals surface area contributed by atoms with E-state index in [4.69, 9.17) is 6.57 Å². The summed E-state index contributed by atoms with van der Waals surface area (Å²) in [6.07, 6.45) is 7.44. The van der Waals surface area contributed by atoms with Crippen LogP contribution in [0.1, 0.15) is 48.6 Å². The van der Waals surface area contributed by atoms with Gasteiger partial charge >= 0.3 is 0 Å². The number of fused-ring (bicyclic) bond motifs is 2. The normalized spacial score (nSPS) is 23.1. The van der Waals surface area contributed by atoms with Crippen LogP contribution in [0.4, 0.5) is 5.69 Å². The molecular weight excluding hydrogens is 244 g/mol.